The first kappa shape index (κ1) is 12.7. The Bertz CT molecular complexity index is 246. The smallest absolute Gasteiger partial charge is 0.212 e. The third-order valence-electron chi connectivity index (χ3n) is 2.17. The van der Waals surface area contributed by atoms with E-state index >= 15 is 0 Å². The fraction of sp³-hybridized carbons (Fsp3) is 0.778. The van der Waals surface area contributed by atoms with Crippen LogP contribution >= 0.6 is 0 Å². The van der Waals surface area contributed by atoms with Gasteiger partial charge in [0.2, 0.25) is 10.0 Å². The summed E-state index contributed by atoms with van der Waals surface area (Å²) in [4.78, 5) is 0. The van der Waals surface area contributed by atoms with Crippen LogP contribution in [0.3, 0.4) is 0 Å². The van der Waals surface area contributed by atoms with Gasteiger partial charge in [-0.05, 0) is 18.8 Å². The highest BCUT2D eigenvalue weighted by atomic mass is 32.2. The SMILES string of the molecule is C=CCC(C)C(CCC)S(N)(=O)=O. The summed E-state index contributed by atoms with van der Waals surface area (Å²) in [6.45, 7) is 7.44. The van der Waals surface area contributed by atoms with Gasteiger partial charge >= 0.3 is 0 Å². The molecule has 0 saturated carbocycles. The van der Waals surface area contributed by atoms with Crippen LogP contribution in [-0.2, 0) is 10.0 Å². The molecule has 4 heteroatoms. The minimum Gasteiger partial charge on any atom is -0.228 e. The van der Waals surface area contributed by atoms with Gasteiger partial charge in [-0.2, -0.15) is 0 Å². The molecule has 78 valence electrons. The number of hydrogen-bond donors (Lipinski definition) is 1. The van der Waals surface area contributed by atoms with E-state index in [9.17, 15) is 8.42 Å². The van der Waals surface area contributed by atoms with E-state index in [4.69, 9.17) is 5.14 Å². The summed E-state index contributed by atoms with van der Waals surface area (Å²) in [6, 6.07) is 0. The van der Waals surface area contributed by atoms with Crippen molar-refractivity contribution in [2.75, 3.05) is 0 Å². The van der Waals surface area contributed by atoms with Crippen LogP contribution in [-0.4, -0.2) is 13.7 Å². The highest BCUT2D eigenvalue weighted by molar-refractivity contribution is 7.89. The van der Waals surface area contributed by atoms with Gasteiger partial charge in [0.1, 0.15) is 0 Å². The summed E-state index contributed by atoms with van der Waals surface area (Å²) < 4.78 is 22.4. The van der Waals surface area contributed by atoms with Crippen molar-refractivity contribution in [2.45, 2.75) is 38.4 Å². The van der Waals surface area contributed by atoms with Crippen molar-refractivity contribution in [3.05, 3.63) is 12.7 Å². The monoisotopic (exact) mass is 205 g/mol. The lowest BCUT2D eigenvalue weighted by Gasteiger charge is -2.19. The number of primary sulfonamides is 1. The van der Waals surface area contributed by atoms with Crippen molar-refractivity contribution < 1.29 is 8.42 Å². The third-order valence-corrected chi connectivity index (χ3v) is 3.71. The van der Waals surface area contributed by atoms with Crippen LogP contribution < -0.4 is 5.14 Å². The zero-order chi connectivity index (χ0) is 10.5. The van der Waals surface area contributed by atoms with Crippen LogP contribution in [0.15, 0.2) is 12.7 Å². The first-order valence-corrected chi connectivity index (χ1v) is 6.16. The summed E-state index contributed by atoms with van der Waals surface area (Å²) >= 11 is 0. The molecule has 13 heavy (non-hydrogen) atoms. The van der Waals surface area contributed by atoms with Gasteiger partial charge in [0.15, 0.2) is 0 Å². The van der Waals surface area contributed by atoms with Crippen LogP contribution in [0.1, 0.15) is 33.1 Å². The van der Waals surface area contributed by atoms with E-state index in [1.165, 1.54) is 0 Å². The minimum atomic E-state index is -3.40. The summed E-state index contributed by atoms with van der Waals surface area (Å²) in [7, 11) is -3.40. The Hall–Kier alpha value is -0.350. The summed E-state index contributed by atoms with van der Waals surface area (Å²) in [6.07, 6.45) is 3.90. The lowest BCUT2D eigenvalue weighted by Crippen LogP contribution is -2.33. The molecule has 0 rings (SSSR count). The Balaban J connectivity index is 4.50. The molecule has 0 aromatic heterocycles. The van der Waals surface area contributed by atoms with Crippen molar-refractivity contribution in [2.24, 2.45) is 11.1 Å². The fourth-order valence-electron chi connectivity index (χ4n) is 1.47. The highest BCUT2D eigenvalue weighted by Gasteiger charge is 2.25. The molecule has 3 nitrogen and oxygen atoms in total. The molecule has 0 radical (unpaired) electrons. The molecule has 0 spiro atoms. The van der Waals surface area contributed by atoms with Crippen LogP contribution in [0.2, 0.25) is 0 Å². The molecule has 2 N–H and O–H groups in total. The second kappa shape index (κ2) is 5.40. The fourth-order valence-corrected chi connectivity index (χ4v) is 2.79. The van der Waals surface area contributed by atoms with Gasteiger partial charge in [0.25, 0.3) is 0 Å². The van der Waals surface area contributed by atoms with Crippen molar-refractivity contribution in [3.8, 4) is 0 Å². The largest absolute Gasteiger partial charge is 0.228 e. The van der Waals surface area contributed by atoms with Crippen molar-refractivity contribution in [1.29, 1.82) is 0 Å². The second-order valence-electron chi connectivity index (χ2n) is 3.42. The average Bonchev–Trinajstić information content (AvgIpc) is 1.98. The molecule has 0 aliphatic rings. The highest BCUT2D eigenvalue weighted by Crippen LogP contribution is 2.19. The molecule has 0 fully saturated rings. The number of sulfonamides is 1. The average molecular weight is 205 g/mol. The Kier molecular flexibility index (Phi) is 5.25. The standard InChI is InChI=1S/C9H19NO2S/c1-4-6-8(3)9(7-5-2)13(10,11)12/h4,8-9H,1,5-7H2,2-3H3,(H2,10,11,12). The summed E-state index contributed by atoms with van der Waals surface area (Å²) in [5.74, 6) is 0.0625. The van der Waals surface area contributed by atoms with E-state index in [1.807, 2.05) is 13.8 Å². The molecule has 2 atom stereocenters. The Morgan fingerprint density at radius 3 is 2.38 bits per heavy atom. The molecule has 0 amide bonds. The molecule has 0 aliphatic carbocycles. The van der Waals surface area contributed by atoms with E-state index < -0.39 is 15.3 Å². The summed E-state index contributed by atoms with van der Waals surface area (Å²) in [5, 5.41) is 4.71. The predicted octanol–water partition coefficient (Wildman–Crippen LogP) is 1.66. The Labute approximate surface area is 81.1 Å². The lowest BCUT2D eigenvalue weighted by atomic mass is 10.0. The molecule has 0 aliphatic heterocycles. The van der Waals surface area contributed by atoms with Gasteiger partial charge in [-0.15, -0.1) is 6.58 Å². The number of allylic oxidation sites excluding steroid dienone is 1. The molecular weight excluding hydrogens is 186 g/mol. The molecule has 0 saturated heterocycles. The maximum atomic E-state index is 11.2. The van der Waals surface area contributed by atoms with Crippen LogP contribution in [0, 0.1) is 5.92 Å². The molecule has 0 aromatic rings. The van der Waals surface area contributed by atoms with E-state index in [2.05, 4.69) is 6.58 Å². The third kappa shape index (κ3) is 4.43. The van der Waals surface area contributed by atoms with Crippen molar-refractivity contribution in [1.82, 2.24) is 0 Å². The lowest BCUT2D eigenvalue weighted by molar-refractivity contribution is 0.485. The quantitative estimate of drug-likeness (QED) is 0.670. The second-order valence-corrected chi connectivity index (χ2v) is 5.20. The van der Waals surface area contributed by atoms with Crippen LogP contribution in [0.5, 0.6) is 0 Å². The van der Waals surface area contributed by atoms with Gasteiger partial charge in [-0.3, -0.25) is 0 Å². The Morgan fingerprint density at radius 2 is 2.08 bits per heavy atom. The zero-order valence-electron chi connectivity index (χ0n) is 8.36. The molecule has 0 aromatic carbocycles. The van der Waals surface area contributed by atoms with Gasteiger partial charge < -0.3 is 0 Å². The van der Waals surface area contributed by atoms with Gasteiger partial charge in [-0.25, -0.2) is 13.6 Å². The van der Waals surface area contributed by atoms with Gasteiger partial charge in [-0.1, -0.05) is 26.3 Å². The summed E-state index contributed by atoms with van der Waals surface area (Å²) in [5.41, 5.74) is 0. The number of hydrogen-bond acceptors (Lipinski definition) is 2. The van der Waals surface area contributed by atoms with Crippen LogP contribution in [0.25, 0.3) is 0 Å². The minimum absolute atomic E-state index is 0.0625. The molecule has 0 bridgehead atoms. The molecular formula is C9H19NO2S. The normalized spacial score (nSPS) is 16.5. The maximum Gasteiger partial charge on any atom is 0.212 e. The van der Waals surface area contributed by atoms with Crippen molar-refractivity contribution >= 4 is 10.0 Å². The van der Waals surface area contributed by atoms with E-state index in [-0.39, 0.29) is 5.92 Å². The van der Waals surface area contributed by atoms with E-state index in [0.717, 1.165) is 6.42 Å². The molecule has 0 heterocycles. The van der Waals surface area contributed by atoms with E-state index in [0.29, 0.717) is 12.8 Å². The molecule has 2 unspecified atom stereocenters. The first-order valence-electron chi connectivity index (χ1n) is 4.56. The first-order chi connectivity index (χ1) is 5.93. The maximum absolute atomic E-state index is 11.2. The van der Waals surface area contributed by atoms with Crippen molar-refractivity contribution in [3.63, 3.8) is 0 Å². The predicted molar refractivity (Wildman–Crippen MR) is 55.8 cm³/mol. The Morgan fingerprint density at radius 1 is 1.54 bits per heavy atom. The number of rotatable bonds is 6. The van der Waals surface area contributed by atoms with Crippen LogP contribution in [0.4, 0.5) is 0 Å². The van der Waals surface area contributed by atoms with Gasteiger partial charge in [0.05, 0.1) is 5.25 Å². The van der Waals surface area contributed by atoms with E-state index in [1.54, 1.807) is 6.08 Å². The topological polar surface area (TPSA) is 60.2 Å². The van der Waals surface area contributed by atoms with Gasteiger partial charge in [0, 0.05) is 0 Å². The number of nitrogens with two attached hydrogens (primary N) is 1. The zero-order valence-corrected chi connectivity index (χ0v) is 9.18.